The fraction of sp³-hybridized carbons (Fsp3) is 0.158. The Morgan fingerprint density at radius 2 is 1.75 bits per heavy atom. The van der Waals surface area contributed by atoms with Gasteiger partial charge in [0.25, 0.3) is 5.91 Å². The van der Waals surface area contributed by atoms with E-state index in [4.69, 9.17) is 11.6 Å². The number of anilines is 1. The van der Waals surface area contributed by atoms with Crippen LogP contribution in [-0.2, 0) is 12.8 Å². The lowest BCUT2D eigenvalue weighted by Gasteiger charge is -2.03. The second kappa shape index (κ2) is 7.60. The van der Waals surface area contributed by atoms with Crippen LogP contribution in [0, 0.1) is 0 Å². The number of carbonyl (C=O) groups excluding carboxylic acids is 1. The molecule has 0 atom stereocenters. The molecule has 122 valence electrons. The lowest BCUT2D eigenvalue weighted by Crippen LogP contribution is -2.11. The molecular weight excluding hydrogens is 340 g/mol. The summed E-state index contributed by atoms with van der Waals surface area (Å²) in [7, 11) is 0. The number of thiazole rings is 1. The fourth-order valence-electron chi connectivity index (χ4n) is 2.31. The molecule has 3 aromatic rings. The molecule has 1 heterocycles. The van der Waals surface area contributed by atoms with E-state index in [1.807, 2.05) is 48.5 Å². The Bertz CT molecular complexity index is 825. The first-order valence-corrected chi connectivity index (χ1v) is 8.93. The third kappa shape index (κ3) is 4.22. The predicted molar refractivity (Wildman–Crippen MR) is 100 cm³/mol. The van der Waals surface area contributed by atoms with Gasteiger partial charge in [0.1, 0.15) is 0 Å². The summed E-state index contributed by atoms with van der Waals surface area (Å²) in [6.45, 7) is 2.09. The van der Waals surface area contributed by atoms with Gasteiger partial charge in [-0.2, -0.15) is 0 Å². The molecule has 1 aromatic heterocycles. The molecule has 0 aliphatic rings. The van der Waals surface area contributed by atoms with Crippen molar-refractivity contribution in [3.8, 4) is 0 Å². The van der Waals surface area contributed by atoms with Crippen LogP contribution in [-0.4, -0.2) is 10.9 Å². The van der Waals surface area contributed by atoms with Crippen molar-refractivity contribution < 1.29 is 4.79 Å². The summed E-state index contributed by atoms with van der Waals surface area (Å²) >= 11 is 7.38. The summed E-state index contributed by atoms with van der Waals surface area (Å²) in [5.41, 5.74) is 3.02. The number of halogens is 1. The molecule has 5 heteroatoms. The summed E-state index contributed by atoms with van der Waals surface area (Å²) in [6.07, 6.45) is 3.54. The lowest BCUT2D eigenvalue weighted by molar-refractivity contribution is 0.102. The van der Waals surface area contributed by atoms with Gasteiger partial charge in [0, 0.05) is 28.1 Å². The molecule has 0 bridgehead atoms. The topological polar surface area (TPSA) is 42.0 Å². The Balaban J connectivity index is 1.64. The normalized spacial score (nSPS) is 10.6. The van der Waals surface area contributed by atoms with Gasteiger partial charge in [-0.25, -0.2) is 4.98 Å². The largest absolute Gasteiger partial charge is 0.298 e. The Morgan fingerprint density at radius 1 is 1.08 bits per heavy atom. The van der Waals surface area contributed by atoms with Crippen LogP contribution in [0.2, 0.25) is 5.02 Å². The van der Waals surface area contributed by atoms with Gasteiger partial charge in [-0.3, -0.25) is 10.1 Å². The highest BCUT2D eigenvalue weighted by atomic mass is 35.5. The molecule has 0 aliphatic heterocycles. The second-order valence-electron chi connectivity index (χ2n) is 5.44. The monoisotopic (exact) mass is 356 g/mol. The van der Waals surface area contributed by atoms with Gasteiger partial charge < -0.3 is 0 Å². The van der Waals surface area contributed by atoms with Gasteiger partial charge >= 0.3 is 0 Å². The molecule has 3 nitrogen and oxygen atoms in total. The number of nitrogens with one attached hydrogen (secondary N) is 1. The third-order valence-corrected chi connectivity index (χ3v) is 4.85. The van der Waals surface area contributed by atoms with E-state index in [9.17, 15) is 4.79 Å². The summed E-state index contributed by atoms with van der Waals surface area (Å²) in [5.74, 6) is -0.134. The summed E-state index contributed by atoms with van der Waals surface area (Å²) in [5, 5.41) is 4.20. The Kier molecular flexibility index (Phi) is 5.28. The maximum atomic E-state index is 12.3. The Morgan fingerprint density at radius 3 is 2.42 bits per heavy atom. The van der Waals surface area contributed by atoms with Crippen molar-refractivity contribution in [2.75, 3.05) is 5.32 Å². The number of carbonyl (C=O) groups is 1. The molecule has 0 aliphatic carbocycles. The number of aryl methyl sites for hydroxylation is 1. The molecule has 24 heavy (non-hydrogen) atoms. The average Bonchev–Trinajstić information content (AvgIpc) is 3.04. The maximum Gasteiger partial charge on any atom is 0.257 e. The van der Waals surface area contributed by atoms with Crippen molar-refractivity contribution >= 4 is 34.0 Å². The summed E-state index contributed by atoms with van der Waals surface area (Å²) in [4.78, 5) is 17.6. The molecule has 0 saturated heterocycles. The number of hydrogen-bond acceptors (Lipinski definition) is 3. The van der Waals surface area contributed by atoms with Gasteiger partial charge in [0.2, 0.25) is 0 Å². The SMILES string of the molecule is CCc1ccc(C(=O)Nc2ncc(Cc3ccc(Cl)cc3)s2)cc1. The van der Waals surface area contributed by atoms with Crippen molar-refractivity contribution in [2.45, 2.75) is 19.8 Å². The van der Waals surface area contributed by atoms with Gasteiger partial charge in [-0.1, -0.05) is 42.8 Å². The molecule has 3 rings (SSSR count). The summed E-state index contributed by atoms with van der Waals surface area (Å²) in [6, 6.07) is 15.4. The fourth-order valence-corrected chi connectivity index (χ4v) is 3.28. The molecule has 0 fully saturated rings. The Labute approximate surface area is 150 Å². The first-order chi connectivity index (χ1) is 11.6. The number of benzene rings is 2. The van der Waals surface area contributed by atoms with Gasteiger partial charge in [-0.15, -0.1) is 11.3 Å². The number of nitrogens with zero attached hydrogens (tertiary/aromatic N) is 1. The minimum Gasteiger partial charge on any atom is -0.298 e. The van der Waals surface area contributed by atoms with Crippen LogP contribution in [0.4, 0.5) is 5.13 Å². The van der Waals surface area contributed by atoms with E-state index in [0.717, 1.165) is 28.3 Å². The molecular formula is C19H17ClN2OS. The van der Waals surface area contributed by atoms with Crippen molar-refractivity contribution in [2.24, 2.45) is 0 Å². The van der Waals surface area contributed by atoms with Crippen molar-refractivity contribution in [3.63, 3.8) is 0 Å². The van der Waals surface area contributed by atoms with E-state index < -0.39 is 0 Å². The summed E-state index contributed by atoms with van der Waals surface area (Å²) < 4.78 is 0. The zero-order valence-electron chi connectivity index (χ0n) is 13.3. The van der Waals surface area contributed by atoms with Crippen LogP contribution >= 0.6 is 22.9 Å². The van der Waals surface area contributed by atoms with E-state index in [0.29, 0.717) is 10.7 Å². The first kappa shape index (κ1) is 16.7. The molecule has 1 N–H and O–H groups in total. The van der Waals surface area contributed by atoms with Crippen LogP contribution in [0.5, 0.6) is 0 Å². The quantitative estimate of drug-likeness (QED) is 0.682. The maximum absolute atomic E-state index is 12.3. The van der Waals surface area contributed by atoms with Crippen LogP contribution in [0.1, 0.15) is 33.3 Å². The van der Waals surface area contributed by atoms with Gasteiger partial charge in [-0.05, 0) is 41.8 Å². The highest BCUT2D eigenvalue weighted by Gasteiger charge is 2.09. The molecule has 0 saturated carbocycles. The highest BCUT2D eigenvalue weighted by molar-refractivity contribution is 7.15. The smallest absolute Gasteiger partial charge is 0.257 e. The minimum atomic E-state index is -0.134. The van der Waals surface area contributed by atoms with Crippen LogP contribution < -0.4 is 5.32 Å². The standard InChI is InChI=1S/C19H17ClN2OS/c1-2-13-3-7-15(8-4-13)18(23)22-19-21-12-17(24-19)11-14-5-9-16(20)10-6-14/h3-10,12H,2,11H2,1H3,(H,21,22,23). The molecule has 0 unspecified atom stereocenters. The van der Waals surface area contributed by atoms with Crippen molar-refractivity contribution in [1.82, 2.24) is 4.98 Å². The zero-order chi connectivity index (χ0) is 16.9. The van der Waals surface area contributed by atoms with Crippen LogP contribution in [0.25, 0.3) is 0 Å². The average molecular weight is 357 g/mol. The number of amides is 1. The highest BCUT2D eigenvalue weighted by Crippen LogP contribution is 2.22. The number of hydrogen-bond donors (Lipinski definition) is 1. The zero-order valence-corrected chi connectivity index (χ0v) is 14.8. The molecule has 0 radical (unpaired) electrons. The molecule has 2 aromatic carbocycles. The predicted octanol–water partition coefficient (Wildman–Crippen LogP) is 5.20. The first-order valence-electron chi connectivity index (χ1n) is 7.73. The van der Waals surface area contributed by atoms with Gasteiger partial charge in [0.15, 0.2) is 5.13 Å². The van der Waals surface area contributed by atoms with E-state index in [2.05, 4.69) is 17.2 Å². The van der Waals surface area contributed by atoms with E-state index in [1.54, 1.807) is 6.20 Å². The second-order valence-corrected chi connectivity index (χ2v) is 6.99. The third-order valence-electron chi connectivity index (χ3n) is 3.69. The molecule has 1 amide bonds. The van der Waals surface area contributed by atoms with E-state index in [-0.39, 0.29) is 5.91 Å². The number of aromatic nitrogens is 1. The molecule has 0 spiro atoms. The Hall–Kier alpha value is -2.17. The minimum absolute atomic E-state index is 0.134. The number of rotatable bonds is 5. The van der Waals surface area contributed by atoms with E-state index in [1.165, 1.54) is 16.9 Å². The van der Waals surface area contributed by atoms with Crippen molar-refractivity contribution in [1.29, 1.82) is 0 Å². The van der Waals surface area contributed by atoms with Gasteiger partial charge in [0.05, 0.1) is 0 Å². The lowest BCUT2D eigenvalue weighted by atomic mass is 10.1. The van der Waals surface area contributed by atoms with Crippen molar-refractivity contribution in [3.05, 3.63) is 81.3 Å². The van der Waals surface area contributed by atoms with E-state index >= 15 is 0 Å². The van der Waals surface area contributed by atoms with Crippen LogP contribution in [0.3, 0.4) is 0 Å². The van der Waals surface area contributed by atoms with Crippen LogP contribution in [0.15, 0.2) is 54.7 Å².